The maximum Gasteiger partial charge on any atom is 0.326 e. The van der Waals surface area contributed by atoms with Crippen LogP contribution in [0.25, 0.3) is 0 Å². The topological polar surface area (TPSA) is 98.7 Å². The van der Waals surface area contributed by atoms with Gasteiger partial charge in [-0.2, -0.15) is 8.42 Å². The molecule has 1 heterocycles. The fourth-order valence-corrected chi connectivity index (χ4v) is 4.62. The first kappa shape index (κ1) is 19.7. The van der Waals surface area contributed by atoms with Crippen LogP contribution < -0.4 is 14.3 Å². The van der Waals surface area contributed by atoms with Crippen LogP contribution in [-0.4, -0.2) is 45.0 Å². The normalized spacial score (nSPS) is 21.4. The summed E-state index contributed by atoms with van der Waals surface area (Å²) in [4.78, 5) is 11.4. The Morgan fingerprint density at radius 2 is 2.15 bits per heavy atom. The molecule has 3 N–H and O–H groups in total. The number of phenols is 1. The number of nitrogens with one attached hydrogen (secondary N) is 2. The highest BCUT2D eigenvalue weighted by Crippen LogP contribution is 2.39. The Balaban J connectivity index is 1.81. The average Bonchev–Trinajstić information content (AvgIpc) is 2.84. The molecule has 150 valence electrons. The number of phenolic OH excluding ortho intramolecular Hbond substituents is 1. The first-order valence-corrected chi connectivity index (χ1v) is 10.0. The first-order valence-electron chi connectivity index (χ1n) is 8.57. The molecule has 1 aliphatic heterocycles. The summed E-state index contributed by atoms with van der Waals surface area (Å²) in [5, 5.41) is 13.3. The van der Waals surface area contributed by atoms with Gasteiger partial charge in [-0.3, -0.25) is 4.79 Å². The predicted molar refractivity (Wildman–Crippen MR) is 91.5 cm³/mol. The molecule has 0 bridgehead atoms. The van der Waals surface area contributed by atoms with Crippen LogP contribution in [0.3, 0.4) is 0 Å². The Hall–Kier alpha value is -2.01. The molecule has 0 radical (unpaired) electrons. The summed E-state index contributed by atoms with van der Waals surface area (Å²) in [5.74, 6) is -2.25. The Labute approximate surface area is 154 Å². The minimum atomic E-state index is -4.25. The van der Waals surface area contributed by atoms with Crippen LogP contribution in [0, 0.1) is 5.82 Å². The van der Waals surface area contributed by atoms with Gasteiger partial charge in [-0.05, 0) is 49.4 Å². The van der Waals surface area contributed by atoms with Crippen LogP contribution in [0.2, 0.25) is 0 Å². The Morgan fingerprint density at radius 1 is 1.41 bits per heavy atom. The summed E-state index contributed by atoms with van der Waals surface area (Å²) in [6.45, 7) is -0.239. The van der Waals surface area contributed by atoms with Crippen molar-refractivity contribution in [2.24, 2.45) is 0 Å². The van der Waals surface area contributed by atoms with Crippen LogP contribution in [-0.2, 0) is 27.8 Å². The fraction of sp³-hybridized carbons (Fsp3) is 0.562. The minimum Gasteiger partial charge on any atom is -0.506 e. The van der Waals surface area contributed by atoms with Crippen LogP contribution >= 0.6 is 0 Å². The Bertz CT molecular complexity index is 848. The van der Waals surface area contributed by atoms with Gasteiger partial charge in [0.2, 0.25) is 6.43 Å². The second kappa shape index (κ2) is 7.55. The van der Waals surface area contributed by atoms with Gasteiger partial charge in [-0.1, -0.05) is 0 Å². The number of anilines is 1. The number of amides is 1. The van der Waals surface area contributed by atoms with Gasteiger partial charge < -0.3 is 10.4 Å². The van der Waals surface area contributed by atoms with E-state index >= 15 is 4.39 Å². The zero-order chi connectivity index (χ0) is 19.8. The maximum atomic E-state index is 15.1. The quantitative estimate of drug-likeness (QED) is 0.616. The zero-order valence-electron chi connectivity index (χ0n) is 14.3. The third kappa shape index (κ3) is 4.13. The summed E-state index contributed by atoms with van der Waals surface area (Å²) in [6.07, 6.45) is -0.946. The predicted octanol–water partition coefficient (Wildman–Crippen LogP) is 1.20. The third-order valence-electron chi connectivity index (χ3n) is 4.73. The summed E-state index contributed by atoms with van der Waals surface area (Å²) < 4.78 is 65.7. The molecule has 1 fully saturated rings. The number of hydrogen-bond acceptors (Lipinski definition) is 5. The molecule has 1 unspecified atom stereocenters. The molecule has 0 aromatic heterocycles. The molecule has 1 aromatic rings. The van der Waals surface area contributed by atoms with E-state index in [0.717, 1.165) is 0 Å². The smallest absolute Gasteiger partial charge is 0.326 e. The van der Waals surface area contributed by atoms with Crippen LogP contribution in [0.15, 0.2) is 6.07 Å². The second-order valence-electron chi connectivity index (χ2n) is 6.66. The van der Waals surface area contributed by atoms with Crippen molar-refractivity contribution in [2.75, 3.05) is 17.4 Å². The number of alkyl halides is 2. The van der Waals surface area contributed by atoms with E-state index in [2.05, 4.69) is 5.32 Å². The van der Waals surface area contributed by atoms with E-state index in [4.69, 9.17) is 0 Å². The van der Waals surface area contributed by atoms with Gasteiger partial charge in [0, 0.05) is 12.5 Å². The van der Waals surface area contributed by atoms with Crippen molar-refractivity contribution in [3.63, 3.8) is 0 Å². The van der Waals surface area contributed by atoms with Gasteiger partial charge in [0.1, 0.15) is 18.0 Å². The lowest BCUT2D eigenvalue weighted by Gasteiger charge is -2.28. The van der Waals surface area contributed by atoms with E-state index in [-0.39, 0.29) is 24.4 Å². The van der Waals surface area contributed by atoms with Crippen molar-refractivity contribution in [3.05, 3.63) is 23.0 Å². The van der Waals surface area contributed by atoms with Crippen LogP contribution in [0.5, 0.6) is 5.75 Å². The molecular weight excluding hydrogens is 387 g/mol. The molecule has 1 aromatic carbocycles. The number of fused-ring (bicyclic) bond motifs is 1. The second-order valence-corrected chi connectivity index (χ2v) is 8.26. The van der Waals surface area contributed by atoms with Gasteiger partial charge in [0.15, 0.2) is 5.82 Å². The van der Waals surface area contributed by atoms with E-state index in [1.54, 1.807) is 4.72 Å². The van der Waals surface area contributed by atoms with E-state index in [1.165, 1.54) is 6.07 Å². The van der Waals surface area contributed by atoms with Crippen molar-refractivity contribution in [1.29, 1.82) is 0 Å². The molecule has 1 saturated heterocycles. The van der Waals surface area contributed by atoms with Crippen LogP contribution in [0.1, 0.15) is 30.4 Å². The molecule has 1 aliphatic carbocycles. The first-order chi connectivity index (χ1) is 12.7. The van der Waals surface area contributed by atoms with Gasteiger partial charge in [-0.25, -0.2) is 22.2 Å². The number of aromatic hydroxyl groups is 1. The maximum absolute atomic E-state index is 15.1. The number of aryl methyl sites for hydroxylation is 1. The summed E-state index contributed by atoms with van der Waals surface area (Å²) in [7, 11) is -4.25. The lowest BCUT2D eigenvalue weighted by molar-refractivity contribution is -0.117. The molecule has 0 saturated carbocycles. The van der Waals surface area contributed by atoms with Crippen molar-refractivity contribution in [3.8, 4) is 5.75 Å². The molecule has 7 nitrogen and oxygen atoms in total. The third-order valence-corrected chi connectivity index (χ3v) is 6.11. The number of carbonyl (C=O) groups is 1. The standard InChI is InChI=1S/C16H20F3N3O4S/c17-13(18)2-1-5-20-10-4-3-9-6-12(23)16(15(19)11(9)7-10)22-8-14(24)21-27(22,25)26/h6,10,13,20,23H,1-5,7-8H2,(H,21,24). The number of halogens is 3. The Morgan fingerprint density at radius 3 is 2.78 bits per heavy atom. The highest BCUT2D eigenvalue weighted by atomic mass is 32.2. The van der Waals surface area contributed by atoms with Crippen molar-refractivity contribution in [1.82, 2.24) is 10.0 Å². The van der Waals surface area contributed by atoms with E-state index in [0.29, 0.717) is 35.7 Å². The van der Waals surface area contributed by atoms with Gasteiger partial charge in [0.05, 0.1) is 0 Å². The monoisotopic (exact) mass is 407 g/mol. The lowest BCUT2D eigenvalue weighted by atomic mass is 9.87. The summed E-state index contributed by atoms with van der Waals surface area (Å²) in [5.41, 5.74) is 0.274. The average molecular weight is 407 g/mol. The largest absolute Gasteiger partial charge is 0.506 e. The summed E-state index contributed by atoms with van der Waals surface area (Å²) >= 11 is 0. The SMILES string of the molecule is O=C1CN(c2c(O)cc3c(c2F)CC(NCCCC(F)F)CC3)S(=O)(=O)N1. The highest BCUT2D eigenvalue weighted by Gasteiger charge is 2.39. The molecule has 1 atom stereocenters. The van der Waals surface area contributed by atoms with Gasteiger partial charge >= 0.3 is 10.2 Å². The van der Waals surface area contributed by atoms with Crippen molar-refractivity contribution < 1.29 is 31.5 Å². The van der Waals surface area contributed by atoms with Crippen molar-refractivity contribution in [2.45, 2.75) is 44.6 Å². The molecule has 27 heavy (non-hydrogen) atoms. The molecule has 0 spiro atoms. The fourth-order valence-electron chi connectivity index (χ4n) is 3.46. The zero-order valence-corrected chi connectivity index (χ0v) is 15.2. The minimum absolute atomic E-state index is 0.142. The number of carbonyl (C=O) groups excluding carboxylic acids is 1. The number of nitrogens with zero attached hydrogens (tertiary/aromatic N) is 1. The molecule has 11 heteroatoms. The Kier molecular flexibility index (Phi) is 5.52. The molecule has 2 aliphatic rings. The van der Waals surface area contributed by atoms with Gasteiger partial charge in [-0.15, -0.1) is 0 Å². The molecule has 3 rings (SSSR count). The number of rotatable bonds is 6. The highest BCUT2D eigenvalue weighted by molar-refractivity contribution is 7.92. The molecular formula is C16H20F3N3O4S. The van der Waals surface area contributed by atoms with E-state index in [9.17, 15) is 27.1 Å². The van der Waals surface area contributed by atoms with Gasteiger partial charge in [0.25, 0.3) is 5.91 Å². The molecule has 1 amide bonds. The van der Waals surface area contributed by atoms with E-state index < -0.39 is 46.3 Å². The van der Waals surface area contributed by atoms with Crippen LogP contribution in [0.4, 0.5) is 18.9 Å². The van der Waals surface area contributed by atoms with E-state index in [1.807, 2.05) is 0 Å². The number of benzene rings is 1. The summed E-state index contributed by atoms with van der Waals surface area (Å²) in [6, 6.07) is 1.18. The van der Waals surface area contributed by atoms with Crippen molar-refractivity contribution >= 4 is 21.8 Å². The number of hydrogen-bond donors (Lipinski definition) is 3. The lowest BCUT2D eigenvalue weighted by Crippen LogP contribution is -2.36.